The van der Waals surface area contributed by atoms with Gasteiger partial charge < -0.3 is 4.74 Å². The van der Waals surface area contributed by atoms with Gasteiger partial charge in [0.05, 0.1) is 12.0 Å². The van der Waals surface area contributed by atoms with Gasteiger partial charge in [0.25, 0.3) is 0 Å². The number of para-hydroxylation sites is 1. The Morgan fingerprint density at radius 2 is 1.79 bits per heavy atom. The van der Waals surface area contributed by atoms with Crippen molar-refractivity contribution >= 4 is 11.6 Å². The first-order valence-corrected chi connectivity index (χ1v) is 7.00. The number of alkyl halides is 1. The highest BCUT2D eigenvalue weighted by molar-refractivity contribution is 6.22. The summed E-state index contributed by atoms with van der Waals surface area (Å²) < 4.78 is 5.65. The minimum Gasteiger partial charge on any atom is -0.494 e. The number of benzene rings is 2. The Hall–Kier alpha value is -1.47. The van der Waals surface area contributed by atoms with Gasteiger partial charge in [-0.15, -0.1) is 11.6 Å². The summed E-state index contributed by atoms with van der Waals surface area (Å²) in [5.74, 6) is 0.864. The second-order valence-electron chi connectivity index (χ2n) is 4.68. The van der Waals surface area contributed by atoms with Gasteiger partial charge in [0, 0.05) is 5.56 Å². The van der Waals surface area contributed by atoms with E-state index < -0.39 is 0 Å². The van der Waals surface area contributed by atoms with Crippen LogP contribution in [0.3, 0.4) is 0 Å². The molecule has 1 atom stereocenters. The smallest absolute Gasteiger partial charge is 0.124 e. The van der Waals surface area contributed by atoms with Gasteiger partial charge in [-0.25, -0.2) is 0 Å². The fraction of sp³-hybridized carbons (Fsp3) is 0.294. The number of aryl methyl sites for hydroxylation is 2. The molecule has 0 aliphatic carbocycles. The van der Waals surface area contributed by atoms with Crippen LogP contribution in [0.1, 0.15) is 34.6 Å². The van der Waals surface area contributed by atoms with Crippen molar-refractivity contribution in [2.45, 2.75) is 26.1 Å². The molecule has 0 radical (unpaired) electrons. The summed E-state index contributed by atoms with van der Waals surface area (Å²) in [5.41, 5.74) is 4.67. The van der Waals surface area contributed by atoms with Crippen LogP contribution in [-0.4, -0.2) is 6.61 Å². The third-order valence-corrected chi connectivity index (χ3v) is 3.80. The molecule has 0 spiro atoms. The molecular weight excluding hydrogens is 256 g/mol. The first-order valence-electron chi connectivity index (χ1n) is 6.56. The van der Waals surface area contributed by atoms with Crippen LogP contribution in [0, 0.1) is 13.8 Å². The van der Waals surface area contributed by atoms with Crippen molar-refractivity contribution in [3.05, 3.63) is 64.7 Å². The van der Waals surface area contributed by atoms with Gasteiger partial charge in [0.1, 0.15) is 5.75 Å². The number of hydrogen-bond acceptors (Lipinski definition) is 1. The quantitative estimate of drug-likeness (QED) is 0.711. The molecule has 2 aromatic carbocycles. The molecule has 0 aliphatic heterocycles. The van der Waals surface area contributed by atoms with E-state index in [4.69, 9.17) is 16.3 Å². The second kappa shape index (κ2) is 6.12. The van der Waals surface area contributed by atoms with E-state index in [1.807, 2.05) is 31.2 Å². The molecule has 2 aromatic rings. The second-order valence-corrected chi connectivity index (χ2v) is 5.11. The zero-order valence-electron chi connectivity index (χ0n) is 11.6. The van der Waals surface area contributed by atoms with E-state index in [0.717, 1.165) is 16.9 Å². The van der Waals surface area contributed by atoms with E-state index in [1.165, 1.54) is 11.1 Å². The van der Waals surface area contributed by atoms with E-state index >= 15 is 0 Å². The minimum absolute atomic E-state index is 0.179. The van der Waals surface area contributed by atoms with Crippen molar-refractivity contribution in [1.82, 2.24) is 0 Å². The molecule has 0 amide bonds. The van der Waals surface area contributed by atoms with E-state index in [-0.39, 0.29) is 5.38 Å². The summed E-state index contributed by atoms with van der Waals surface area (Å²) >= 11 is 6.62. The van der Waals surface area contributed by atoms with Gasteiger partial charge in [-0.1, -0.05) is 36.4 Å². The van der Waals surface area contributed by atoms with Crippen molar-refractivity contribution in [1.29, 1.82) is 0 Å². The Kier molecular flexibility index (Phi) is 4.49. The fourth-order valence-electron chi connectivity index (χ4n) is 2.08. The predicted octanol–water partition coefficient (Wildman–Crippen LogP) is 5.03. The molecule has 0 heterocycles. The molecule has 0 aliphatic rings. The Labute approximate surface area is 120 Å². The molecule has 0 aromatic heterocycles. The first kappa shape index (κ1) is 14.0. The largest absolute Gasteiger partial charge is 0.494 e. The van der Waals surface area contributed by atoms with Crippen molar-refractivity contribution in [3.63, 3.8) is 0 Å². The fourth-order valence-corrected chi connectivity index (χ4v) is 2.39. The first-order chi connectivity index (χ1) is 9.13. The zero-order valence-corrected chi connectivity index (χ0v) is 12.4. The molecule has 2 heteroatoms. The molecule has 0 bridgehead atoms. The summed E-state index contributed by atoms with van der Waals surface area (Å²) in [4.78, 5) is 0. The maximum Gasteiger partial charge on any atom is 0.124 e. The Balaban J connectivity index is 2.37. The Morgan fingerprint density at radius 3 is 2.47 bits per heavy atom. The Bertz CT molecular complexity index is 563. The molecule has 100 valence electrons. The normalized spacial score (nSPS) is 12.2. The predicted molar refractivity (Wildman–Crippen MR) is 81.2 cm³/mol. The Morgan fingerprint density at radius 1 is 1.05 bits per heavy atom. The van der Waals surface area contributed by atoms with Crippen molar-refractivity contribution in [3.8, 4) is 5.75 Å². The third kappa shape index (κ3) is 3.10. The zero-order chi connectivity index (χ0) is 13.8. The van der Waals surface area contributed by atoms with Crippen molar-refractivity contribution in [2.24, 2.45) is 0 Å². The highest BCUT2D eigenvalue weighted by Gasteiger charge is 2.15. The van der Waals surface area contributed by atoms with Crippen LogP contribution in [0.25, 0.3) is 0 Å². The highest BCUT2D eigenvalue weighted by atomic mass is 35.5. The standard InChI is InChI=1S/C17H19ClO/c1-4-19-16-8-6-5-7-15(16)17(18)14-10-9-12(2)13(3)11-14/h5-11,17H,4H2,1-3H3. The van der Waals surface area contributed by atoms with Crippen LogP contribution < -0.4 is 4.74 Å². The van der Waals surface area contributed by atoms with Crippen LogP contribution >= 0.6 is 11.6 Å². The summed E-state index contributed by atoms with van der Waals surface area (Å²) in [5, 5.41) is -0.179. The average molecular weight is 275 g/mol. The lowest BCUT2D eigenvalue weighted by atomic mass is 9.99. The van der Waals surface area contributed by atoms with Crippen LogP contribution in [0.5, 0.6) is 5.75 Å². The lowest BCUT2D eigenvalue weighted by Gasteiger charge is -2.16. The molecular formula is C17H19ClO. The summed E-state index contributed by atoms with van der Waals surface area (Å²) in [6.07, 6.45) is 0. The topological polar surface area (TPSA) is 9.23 Å². The minimum atomic E-state index is -0.179. The number of rotatable bonds is 4. The van der Waals surface area contributed by atoms with Gasteiger partial charge in [-0.3, -0.25) is 0 Å². The van der Waals surface area contributed by atoms with Gasteiger partial charge in [0.2, 0.25) is 0 Å². The van der Waals surface area contributed by atoms with Crippen LogP contribution in [0.15, 0.2) is 42.5 Å². The van der Waals surface area contributed by atoms with E-state index in [2.05, 4.69) is 32.0 Å². The van der Waals surface area contributed by atoms with Gasteiger partial charge >= 0.3 is 0 Å². The number of hydrogen-bond donors (Lipinski definition) is 0. The van der Waals surface area contributed by atoms with Crippen molar-refractivity contribution < 1.29 is 4.74 Å². The molecule has 1 nitrogen and oxygen atoms in total. The summed E-state index contributed by atoms with van der Waals surface area (Å²) in [7, 11) is 0. The van der Waals surface area contributed by atoms with E-state index in [9.17, 15) is 0 Å². The number of ether oxygens (including phenoxy) is 1. The molecule has 0 N–H and O–H groups in total. The molecule has 19 heavy (non-hydrogen) atoms. The summed E-state index contributed by atoms with van der Waals surface area (Å²) in [6.45, 7) is 6.84. The van der Waals surface area contributed by atoms with Crippen LogP contribution in [0.2, 0.25) is 0 Å². The maximum absolute atomic E-state index is 6.62. The molecule has 2 rings (SSSR count). The van der Waals surface area contributed by atoms with Gasteiger partial charge in [-0.05, 0) is 43.5 Å². The third-order valence-electron chi connectivity index (χ3n) is 3.32. The van der Waals surface area contributed by atoms with E-state index in [1.54, 1.807) is 0 Å². The van der Waals surface area contributed by atoms with Gasteiger partial charge in [0.15, 0.2) is 0 Å². The molecule has 0 fully saturated rings. The molecule has 0 saturated carbocycles. The van der Waals surface area contributed by atoms with Crippen LogP contribution in [0.4, 0.5) is 0 Å². The lowest BCUT2D eigenvalue weighted by Crippen LogP contribution is -2.00. The molecule has 0 saturated heterocycles. The maximum atomic E-state index is 6.62. The SMILES string of the molecule is CCOc1ccccc1C(Cl)c1ccc(C)c(C)c1. The highest BCUT2D eigenvalue weighted by Crippen LogP contribution is 2.35. The molecule has 1 unspecified atom stereocenters. The van der Waals surface area contributed by atoms with Gasteiger partial charge in [-0.2, -0.15) is 0 Å². The van der Waals surface area contributed by atoms with Crippen LogP contribution in [-0.2, 0) is 0 Å². The lowest BCUT2D eigenvalue weighted by molar-refractivity contribution is 0.337. The summed E-state index contributed by atoms with van der Waals surface area (Å²) in [6, 6.07) is 14.3. The van der Waals surface area contributed by atoms with Crippen molar-refractivity contribution in [2.75, 3.05) is 6.61 Å². The monoisotopic (exact) mass is 274 g/mol. The van der Waals surface area contributed by atoms with E-state index in [0.29, 0.717) is 6.61 Å². The average Bonchev–Trinajstić information content (AvgIpc) is 2.42. The number of halogens is 1.